The topological polar surface area (TPSA) is 6.48 Å². The van der Waals surface area contributed by atoms with Crippen LogP contribution in [-0.2, 0) is 0 Å². The predicted molar refractivity (Wildman–Crippen MR) is 76.8 cm³/mol. The third-order valence-corrected chi connectivity index (χ3v) is 6.39. The van der Waals surface area contributed by atoms with E-state index >= 15 is 0 Å². The molecule has 104 valence electrons. The Kier molecular flexibility index (Phi) is 3.02. The van der Waals surface area contributed by atoms with Crippen LogP contribution in [0.1, 0.15) is 53.4 Å². The summed E-state index contributed by atoms with van der Waals surface area (Å²) in [5, 5.41) is 0. The van der Waals surface area contributed by atoms with Gasteiger partial charge in [-0.1, -0.05) is 34.1 Å². The standard InChI is InChI=1S/C16H30N2/c1-15(2)14(16(15,3)4)18-11-7-10-17-9-6-5-8-13(17)12-18/h13-14H,5-12H2,1-4H3. The second kappa shape index (κ2) is 4.21. The van der Waals surface area contributed by atoms with Crippen molar-refractivity contribution in [1.29, 1.82) is 0 Å². The molecule has 0 aromatic heterocycles. The van der Waals surface area contributed by atoms with E-state index in [0.717, 1.165) is 12.1 Å². The summed E-state index contributed by atoms with van der Waals surface area (Å²) < 4.78 is 0. The summed E-state index contributed by atoms with van der Waals surface area (Å²) in [5.41, 5.74) is 1.02. The molecule has 0 spiro atoms. The number of rotatable bonds is 1. The van der Waals surface area contributed by atoms with Gasteiger partial charge in [0, 0.05) is 18.6 Å². The fraction of sp³-hybridized carbons (Fsp3) is 1.00. The van der Waals surface area contributed by atoms with Gasteiger partial charge in [-0.2, -0.15) is 0 Å². The van der Waals surface area contributed by atoms with Crippen molar-refractivity contribution in [1.82, 2.24) is 9.80 Å². The first kappa shape index (κ1) is 12.9. The summed E-state index contributed by atoms with van der Waals surface area (Å²) in [6, 6.07) is 1.67. The normalized spacial score (nSPS) is 37.0. The molecule has 3 aliphatic rings. The van der Waals surface area contributed by atoms with E-state index in [1.54, 1.807) is 0 Å². The van der Waals surface area contributed by atoms with Crippen molar-refractivity contribution >= 4 is 0 Å². The summed E-state index contributed by atoms with van der Waals surface area (Å²) >= 11 is 0. The molecule has 2 heterocycles. The Bertz CT molecular complexity index is 307. The summed E-state index contributed by atoms with van der Waals surface area (Å²) in [4.78, 5) is 5.60. The van der Waals surface area contributed by atoms with Gasteiger partial charge in [0.25, 0.3) is 0 Å². The second-order valence-electron chi connectivity index (χ2n) is 7.88. The van der Waals surface area contributed by atoms with Crippen LogP contribution in [-0.4, -0.2) is 48.1 Å². The van der Waals surface area contributed by atoms with Crippen LogP contribution in [0.3, 0.4) is 0 Å². The predicted octanol–water partition coefficient (Wildman–Crippen LogP) is 2.98. The highest BCUT2D eigenvalue weighted by molar-refractivity contribution is 5.19. The number of hydrogen-bond acceptors (Lipinski definition) is 2. The minimum absolute atomic E-state index is 0.511. The van der Waals surface area contributed by atoms with E-state index in [2.05, 4.69) is 37.5 Å². The van der Waals surface area contributed by atoms with Gasteiger partial charge in [0.2, 0.25) is 0 Å². The highest BCUT2D eigenvalue weighted by Crippen LogP contribution is 2.65. The first-order valence-electron chi connectivity index (χ1n) is 7.93. The van der Waals surface area contributed by atoms with Crippen LogP contribution in [0.4, 0.5) is 0 Å². The highest BCUT2D eigenvalue weighted by atomic mass is 15.3. The van der Waals surface area contributed by atoms with Crippen molar-refractivity contribution in [2.75, 3.05) is 26.2 Å². The van der Waals surface area contributed by atoms with Crippen LogP contribution in [0, 0.1) is 10.8 Å². The van der Waals surface area contributed by atoms with Gasteiger partial charge in [0.05, 0.1) is 0 Å². The molecule has 0 radical (unpaired) electrons. The molecular formula is C16H30N2. The maximum atomic E-state index is 2.83. The maximum absolute atomic E-state index is 2.83. The molecule has 2 nitrogen and oxygen atoms in total. The molecule has 0 bridgehead atoms. The van der Waals surface area contributed by atoms with Gasteiger partial charge in [-0.05, 0) is 49.7 Å². The Morgan fingerprint density at radius 3 is 2.06 bits per heavy atom. The first-order chi connectivity index (χ1) is 8.44. The molecule has 1 aliphatic carbocycles. The molecule has 0 N–H and O–H groups in total. The molecule has 3 rings (SSSR count). The average Bonchev–Trinajstić information content (AvgIpc) is 2.80. The molecule has 1 atom stereocenters. The first-order valence-corrected chi connectivity index (χ1v) is 7.93. The van der Waals surface area contributed by atoms with Crippen molar-refractivity contribution in [3.8, 4) is 0 Å². The molecular weight excluding hydrogens is 220 g/mol. The fourth-order valence-corrected chi connectivity index (χ4v) is 4.71. The van der Waals surface area contributed by atoms with Crippen LogP contribution in [0.15, 0.2) is 0 Å². The maximum Gasteiger partial charge on any atom is 0.0223 e. The van der Waals surface area contributed by atoms with E-state index in [1.165, 1.54) is 51.9 Å². The Labute approximate surface area is 113 Å². The third kappa shape index (κ3) is 1.84. The molecule has 0 amide bonds. The van der Waals surface area contributed by atoms with E-state index in [9.17, 15) is 0 Å². The van der Waals surface area contributed by atoms with Gasteiger partial charge in [-0.15, -0.1) is 0 Å². The molecule has 1 saturated carbocycles. The summed E-state index contributed by atoms with van der Waals surface area (Å²) in [7, 11) is 0. The number of piperidine rings is 1. The third-order valence-electron chi connectivity index (χ3n) is 6.39. The molecule has 2 saturated heterocycles. The molecule has 1 unspecified atom stereocenters. The summed E-state index contributed by atoms with van der Waals surface area (Å²) in [5.74, 6) is 0. The van der Waals surface area contributed by atoms with Crippen molar-refractivity contribution in [3.05, 3.63) is 0 Å². The van der Waals surface area contributed by atoms with Gasteiger partial charge in [-0.25, -0.2) is 0 Å². The molecule has 0 aromatic rings. The van der Waals surface area contributed by atoms with Crippen LogP contribution in [0.2, 0.25) is 0 Å². The van der Waals surface area contributed by atoms with E-state index in [1.807, 2.05) is 0 Å². The van der Waals surface area contributed by atoms with Crippen LogP contribution < -0.4 is 0 Å². The fourth-order valence-electron chi connectivity index (χ4n) is 4.71. The highest BCUT2D eigenvalue weighted by Gasteiger charge is 2.67. The molecule has 2 heteroatoms. The largest absolute Gasteiger partial charge is 0.299 e. The van der Waals surface area contributed by atoms with Crippen LogP contribution >= 0.6 is 0 Å². The van der Waals surface area contributed by atoms with Gasteiger partial charge in [0.15, 0.2) is 0 Å². The van der Waals surface area contributed by atoms with Gasteiger partial charge in [-0.3, -0.25) is 9.80 Å². The van der Waals surface area contributed by atoms with Crippen LogP contribution in [0.25, 0.3) is 0 Å². The SMILES string of the molecule is CC1(C)C(N2CCCN3CCCCC3C2)C1(C)C. The quantitative estimate of drug-likeness (QED) is 0.706. The lowest BCUT2D eigenvalue weighted by atomic mass is 10.0. The van der Waals surface area contributed by atoms with E-state index in [0.29, 0.717) is 10.8 Å². The number of fused-ring (bicyclic) bond motifs is 1. The number of nitrogens with zero attached hydrogens (tertiary/aromatic N) is 2. The zero-order valence-corrected chi connectivity index (χ0v) is 12.7. The lowest BCUT2D eigenvalue weighted by molar-refractivity contribution is 0.127. The van der Waals surface area contributed by atoms with E-state index in [4.69, 9.17) is 0 Å². The Morgan fingerprint density at radius 1 is 0.778 bits per heavy atom. The van der Waals surface area contributed by atoms with Gasteiger partial charge in [0.1, 0.15) is 0 Å². The molecule has 2 aliphatic heterocycles. The zero-order valence-electron chi connectivity index (χ0n) is 12.7. The van der Waals surface area contributed by atoms with Crippen molar-refractivity contribution in [3.63, 3.8) is 0 Å². The van der Waals surface area contributed by atoms with Crippen molar-refractivity contribution < 1.29 is 0 Å². The summed E-state index contributed by atoms with van der Waals surface area (Å²) in [6.07, 6.45) is 5.69. The number of hydrogen-bond donors (Lipinski definition) is 0. The summed E-state index contributed by atoms with van der Waals surface area (Å²) in [6.45, 7) is 15.2. The Morgan fingerprint density at radius 2 is 1.39 bits per heavy atom. The van der Waals surface area contributed by atoms with Gasteiger partial charge < -0.3 is 0 Å². The molecule has 0 aromatic carbocycles. The average molecular weight is 250 g/mol. The monoisotopic (exact) mass is 250 g/mol. The molecule has 18 heavy (non-hydrogen) atoms. The molecule has 3 fully saturated rings. The van der Waals surface area contributed by atoms with Crippen molar-refractivity contribution in [2.24, 2.45) is 10.8 Å². The van der Waals surface area contributed by atoms with Crippen molar-refractivity contribution in [2.45, 2.75) is 65.5 Å². The minimum Gasteiger partial charge on any atom is -0.299 e. The van der Waals surface area contributed by atoms with Gasteiger partial charge >= 0.3 is 0 Å². The zero-order chi connectivity index (χ0) is 13.0. The van der Waals surface area contributed by atoms with E-state index in [-0.39, 0.29) is 0 Å². The van der Waals surface area contributed by atoms with E-state index < -0.39 is 0 Å². The Balaban J connectivity index is 1.71. The smallest absolute Gasteiger partial charge is 0.0223 e. The lowest BCUT2D eigenvalue weighted by Gasteiger charge is -2.36. The minimum atomic E-state index is 0.511. The lowest BCUT2D eigenvalue weighted by Crippen LogP contribution is -2.45. The Hall–Kier alpha value is -0.0800. The van der Waals surface area contributed by atoms with Crippen LogP contribution in [0.5, 0.6) is 0 Å². The second-order valence-corrected chi connectivity index (χ2v) is 7.88.